The van der Waals surface area contributed by atoms with Gasteiger partial charge in [-0.05, 0) is 5.56 Å². The Morgan fingerprint density at radius 3 is 2.59 bits per heavy atom. The number of fused-ring (bicyclic) bond motifs is 1. The lowest BCUT2D eigenvalue weighted by molar-refractivity contribution is -0.325. The van der Waals surface area contributed by atoms with Crippen molar-refractivity contribution in [2.75, 3.05) is 13.2 Å². The molecule has 0 aliphatic carbocycles. The molecule has 3 rings (SSSR count). The fourth-order valence-corrected chi connectivity index (χ4v) is 2.32. The Balaban J connectivity index is 1.77. The van der Waals surface area contributed by atoms with Crippen LogP contribution in [-0.2, 0) is 11.3 Å². The Morgan fingerprint density at radius 1 is 1.19 bits per heavy atom. The second kappa shape index (κ2) is 7.58. The first kappa shape index (κ1) is 18.6. The molecule has 0 aliphatic rings. The van der Waals surface area contributed by atoms with Crippen molar-refractivity contribution in [2.24, 2.45) is 0 Å². The summed E-state index contributed by atoms with van der Waals surface area (Å²) in [6.45, 7) is -0.952. The van der Waals surface area contributed by atoms with Gasteiger partial charge >= 0.3 is 18.1 Å². The Morgan fingerprint density at radius 2 is 1.93 bits per heavy atom. The van der Waals surface area contributed by atoms with Gasteiger partial charge in [-0.15, -0.1) is 13.2 Å². The molecule has 2 aromatic heterocycles. The lowest BCUT2D eigenvalue weighted by atomic mass is 10.1. The summed E-state index contributed by atoms with van der Waals surface area (Å²) in [5, 5.41) is 0. The van der Waals surface area contributed by atoms with Crippen molar-refractivity contribution in [3.63, 3.8) is 0 Å². The lowest BCUT2D eigenvalue weighted by Crippen LogP contribution is -2.19. The van der Waals surface area contributed by atoms with Crippen molar-refractivity contribution in [1.29, 1.82) is 0 Å². The highest BCUT2D eigenvalue weighted by Crippen LogP contribution is 2.16. The number of carbonyl (C=O) groups excluding carboxylic acids is 1. The number of benzene rings is 1. The quantitative estimate of drug-likeness (QED) is 0.495. The van der Waals surface area contributed by atoms with Crippen molar-refractivity contribution < 1.29 is 27.4 Å². The molecule has 2 heterocycles. The normalized spacial score (nSPS) is 11.7. The number of hydrogen-bond donors (Lipinski definition) is 1. The van der Waals surface area contributed by atoms with Crippen LogP contribution in [0.15, 0.2) is 35.3 Å². The van der Waals surface area contributed by atoms with Gasteiger partial charge in [-0.1, -0.05) is 24.3 Å². The number of alkyl halides is 3. The number of ether oxygens (including phenoxy) is 2. The number of nitrogens with one attached hydrogen (secondary N) is 1. The maximum atomic E-state index is 12.1. The summed E-state index contributed by atoms with van der Waals surface area (Å²) in [5.41, 5.74) is 1.41. The first-order valence-corrected chi connectivity index (χ1v) is 7.69. The molecule has 3 aromatic rings. The van der Waals surface area contributed by atoms with E-state index >= 15 is 0 Å². The van der Waals surface area contributed by atoms with Crippen LogP contribution in [-0.4, -0.2) is 45.4 Å². The minimum Gasteiger partial charge on any atom is -0.461 e. The van der Waals surface area contributed by atoms with Gasteiger partial charge in [-0.2, -0.15) is 4.98 Å². The number of H-pyrrole nitrogens is 1. The van der Waals surface area contributed by atoms with Gasteiger partial charge in [-0.25, -0.2) is 9.78 Å². The molecule has 0 fully saturated rings. The summed E-state index contributed by atoms with van der Waals surface area (Å²) in [4.78, 5) is 33.3. The third-order valence-electron chi connectivity index (χ3n) is 3.53. The molecular formula is C16H13F3N4O4. The zero-order valence-electron chi connectivity index (χ0n) is 13.7. The SMILES string of the molecule is O=Cc1ccc(Cn2c(=O)[nH]c3cnc(OCCOC(F)(F)F)nc32)cc1. The third-order valence-corrected chi connectivity index (χ3v) is 3.53. The Kier molecular flexibility index (Phi) is 5.21. The van der Waals surface area contributed by atoms with Crippen LogP contribution in [0.5, 0.6) is 6.01 Å². The van der Waals surface area contributed by atoms with E-state index in [9.17, 15) is 22.8 Å². The molecule has 0 unspecified atom stereocenters. The van der Waals surface area contributed by atoms with E-state index in [-0.39, 0.29) is 18.2 Å². The van der Waals surface area contributed by atoms with Crippen LogP contribution in [0, 0.1) is 0 Å². The van der Waals surface area contributed by atoms with Crippen LogP contribution < -0.4 is 10.4 Å². The van der Waals surface area contributed by atoms with E-state index in [0.717, 1.165) is 5.56 Å². The predicted octanol–water partition coefficient (Wildman–Crippen LogP) is 1.90. The molecule has 0 radical (unpaired) electrons. The van der Waals surface area contributed by atoms with Gasteiger partial charge in [0.1, 0.15) is 18.4 Å². The van der Waals surface area contributed by atoms with E-state index in [0.29, 0.717) is 17.4 Å². The summed E-state index contributed by atoms with van der Waals surface area (Å²) in [5.74, 6) is 0. The number of imidazole rings is 1. The topological polar surface area (TPSA) is 99.1 Å². The van der Waals surface area contributed by atoms with Gasteiger partial charge in [0.15, 0.2) is 5.65 Å². The average Bonchev–Trinajstić information content (AvgIpc) is 2.94. The van der Waals surface area contributed by atoms with Crippen molar-refractivity contribution >= 4 is 17.5 Å². The smallest absolute Gasteiger partial charge is 0.461 e. The third kappa shape index (κ3) is 4.70. The highest BCUT2D eigenvalue weighted by atomic mass is 19.4. The van der Waals surface area contributed by atoms with Crippen LogP contribution in [0.25, 0.3) is 11.2 Å². The van der Waals surface area contributed by atoms with Crippen LogP contribution in [0.1, 0.15) is 15.9 Å². The van der Waals surface area contributed by atoms with E-state index in [4.69, 9.17) is 4.74 Å². The second-order valence-electron chi connectivity index (χ2n) is 5.41. The molecular weight excluding hydrogens is 369 g/mol. The molecule has 0 amide bonds. The molecule has 0 saturated heterocycles. The summed E-state index contributed by atoms with van der Waals surface area (Å²) >= 11 is 0. The monoisotopic (exact) mass is 382 g/mol. The summed E-state index contributed by atoms with van der Waals surface area (Å²) in [7, 11) is 0. The molecule has 142 valence electrons. The van der Waals surface area contributed by atoms with E-state index in [1.165, 1.54) is 10.8 Å². The molecule has 0 aliphatic heterocycles. The number of carbonyl (C=O) groups is 1. The van der Waals surface area contributed by atoms with E-state index in [1.807, 2.05) is 0 Å². The maximum absolute atomic E-state index is 12.1. The zero-order valence-corrected chi connectivity index (χ0v) is 13.7. The Labute approximate surface area is 149 Å². The summed E-state index contributed by atoms with van der Waals surface area (Å²) in [6.07, 6.45) is -2.73. The van der Waals surface area contributed by atoms with Gasteiger partial charge in [-0.3, -0.25) is 14.1 Å². The zero-order chi connectivity index (χ0) is 19.4. The van der Waals surface area contributed by atoms with Crippen molar-refractivity contribution in [2.45, 2.75) is 12.9 Å². The average molecular weight is 382 g/mol. The molecule has 0 saturated carbocycles. The largest absolute Gasteiger partial charge is 0.522 e. The molecule has 27 heavy (non-hydrogen) atoms. The second-order valence-corrected chi connectivity index (χ2v) is 5.41. The first-order chi connectivity index (χ1) is 12.9. The molecule has 0 spiro atoms. The number of hydrogen-bond acceptors (Lipinski definition) is 6. The minimum absolute atomic E-state index is 0.172. The standard InChI is InChI=1S/C16H13F3N4O4/c17-16(18,19)27-6-5-26-14-20-7-12-13(22-14)23(15(25)21-12)8-10-1-3-11(9-24)4-2-10/h1-4,7,9H,5-6,8H2,(H,21,25). The molecule has 0 bridgehead atoms. The molecule has 0 atom stereocenters. The highest BCUT2D eigenvalue weighted by molar-refractivity contribution is 5.74. The van der Waals surface area contributed by atoms with Gasteiger partial charge in [0.05, 0.1) is 19.3 Å². The van der Waals surface area contributed by atoms with Crippen molar-refractivity contribution in [3.8, 4) is 6.01 Å². The number of aldehydes is 1. The van der Waals surface area contributed by atoms with E-state index in [1.54, 1.807) is 24.3 Å². The van der Waals surface area contributed by atoms with Crippen LogP contribution >= 0.6 is 0 Å². The highest BCUT2D eigenvalue weighted by Gasteiger charge is 2.28. The number of halogens is 3. The number of nitrogens with zero attached hydrogens (tertiary/aromatic N) is 3. The van der Waals surface area contributed by atoms with Crippen molar-refractivity contribution in [3.05, 3.63) is 52.1 Å². The Bertz CT molecular complexity index is 996. The number of aromatic amines is 1. The van der Waals surface area contributed by atoms with Crippen LogP contribution in [0.2, 0.25) is 0 Å². The fourth-order valence-electron chi connectivity index (χ4n) is 2.32. The first-order valence-electron chi connectivity index (χ1n) is 7.69. The Hall–Kier alpha value is -3.21. The summed E-state index contributed by atoms with van der Waals surface area (Å²) < 4.78 is 45.8. The molecule has 1 N–H and O–H groups in total. The molecule has 1 aromatic carbocycles. The number of aromatic nitrogens is 4. The fraction of sp³-hybridized carbons (Fsp3) is 0.250. The lowest BCUT2D eigenvalue weighted by Gasteiger charge is -2.08. The minimum atomic E-state index is -4.74. The van der Waals surface area contributed by atoms with Crippen LogP contribution in [0.4, 0.5) is 13.2 Å². The predicted molar refractivity (Wildman–Crippen MR) is 86.6 cm³/mol. The van der Waals surface area contributed by atoms with Gasteiger partial charge < -0.3 is 9.72 Å². The van der Waals surface area contributed by atoms with Crippen molar-refractivity contribution in [1.82, 2.24) is 19.5 Å². The molecule has 8 nitrogen and oxygen atoms in total. The molecule has 11 heteroatoms. The van der Waals surface area contributed by atoms with Gasteiger partial charge in [0.2, 0.25) is 0 Å². The van der Waals surface area contributed by atoms with Crippen LogP contribution in [0.3, 0.4) is 0 Å². The van der Waals surface area contributed by atoms with Gasteiger partial charge in [0.25, 0.3) is 0 Å². The van der Waals surface area contributed by atoms with Gasteiger partial charge in [0, 0.05) is 5.56 Å². The number of rotatable bonds is 7. The maximum Gasteiger partial charge on any atom is 0.522 e. The van der Waals surface area contributed by atoms with E-state index < -0.39 is 25.3 Å². The summed E-state index contributed by atoms with van der Waals surface area (Å²) in [6, 6.07) is 6.44. The van der Waals surface area contributed by atoms with E-state index in [2.05, 4.69) is 19.7 Å².